The van der Waals surface area contributed by atoms with Crippen molar-refractivity contribution in [2.45, 2.75) is 34.1 Å². The Labute approximate surface area is 126 Å². The molecular formula is C17H23NO3. The number of esters is 1. The fourth-order valence-corrected chi connectivity index (χ4v) is 3.39. The zero-order chi connectivity index (χ0) is 15.8. The van der Waals surface area contributed by atoms with Crippen molar-refractivity contribution in [1.82, 2.24) is 0 Å². The molecule has 0 bridgehead atoms. The molecular weight excluding hydrogens is 266 g/mol. The van der Waals surface area contributed by atoms with Crippen molar-refractivity contribution in [2.75, 3.05) is 18.6 Å². The van der Waals surface area contributed by atoms with Crippen molar-refractivity contribution < 1.29 is 14.3 Å². The number of carbonyl (C=O) groups excluding carboxylic acids is 2. The van der Waals surface area contributed by atoms with E-state index in [2.05, 4.69) is 0 Å². The average Bonchev–Trinajstić information content (AvgIpc) is 2.72. The van der Waals surface area contributed by atoms with Gasteiger partial charge in [-0.25, -0.2) is 0 Å². The van der Waals surface area contributed by atoms with Crippen LogP contribution in [-0.2, 0) is 14.3 Å². The monoisotopic (exact) mass is 289 g/mol. The van der Waals surface area contributed by atoms with Gasteiger partial charge in [-0.1, -0.05) is 32.0 Å². The molecule has 1 saturated heterocycles. The van der Waals surface area contributed by atoms with Gasteiger partial charge in [0.2, 0.25) is 5.91 Å². The van der Waals surface area contributed by atoms with E-state index in [9.17, 15) is 9.59 Å². The number of amides is 1. The fraction of sp³-hybridized carbons (Fsp3) is 0.529. The van der Waals surface area contributed by atoms with Crippen LogP contribution in [0, 0.1) is 25.2 Å². The Kier molecular flexibility index (Phi) is 4.08. The number of methoxy groups -OCH3 is 1. The molecule has 0 aromatic heterocycles. The lowest BCUT2D eigenvalue weighted by Gasteiger charge is -2.27. The van der Waals surface area contributed by atoms with Crippen LogP contribution in [0.5, 0.6) is 0 Å². The van der Waals surface area contributed by atoms with Gasteiger partial charge < -0.3 is 9.64 Å². The van der Waals surface area contributed by atoms with Gasteiger partial charge in [0.05, 0.1) is 18.4 Å². The Morgan fingerprint density at radius 1 is 1.38 bits per heavy atom. The first-order valence-electron chi connectivity index (χ1n) is 7.35. The molecule has 114 valence electrons. The highest BCUT2D eigenvalue weighted by atomic mass is 16.5. The van der Waals surface area contributed by atoms with Gasteiger partial charge in [-0.3, -0.25) is 9.59 Å². The van der Waals surface area contributed by atoms with Gasteiger partial charge in [-0.05, 0) is 31.4 Å². The molecule has 2 unspecified atom stereocenters. The van der Waals surface area contributed by atoms with Crippen LogP contribution < -0.4 is 4.90 Å². The molecule has 1 aromatic carbocycles. The molecule has 0 aliphatic carbocycles. The van der Waals surface area contributed by atoms with Crippen molar-refractivity contribution in [3.05, 3.63) is 29.3 Å². The summed E-state index contributed by atoms with van der Waals surface area (Å²) in [4.78, 5) is 26.8. The Morgan fingerprint density at radius 3 is 2.43 bits per heavy atom. The summed E-state index contributed by atoms with van der Waals surface area (Å²) in [5.74, 6) is -0.659. The number of hydrogen-bond donors (Lipinski definition) is 0. The first-order valence-corrected chi connectivity index (χ1v) is 7.35. The Balaban J connectivity index is 2.50. The molecule has 1 aromatic rings. The molecule has 0 N–H and O–H groups in total. The van der Waals surface area contributed by atoms with Gasteiger partial charge in [0, 0.05) is 12.2 Å². The molecule has 2 rings (SSSR count). The smallest absolute Gasteiger partial charge is 0.314 e. The van der Waals surface area contributed by atoms with Crippen LogP contribution in [0.4, 0.5) is 5.69 Å². The molecule has 1 heterocycles. The standard InChI is InChI=1S/C17H23NO3/c1-6-17(16(20)21-5)10-18(15(19)13(17)4)14-11(2)8-7-9-12(14)3/h7-9,13H,6,10H2,1-5H3. The predicted molar refractivity (Wildman–Crippen MR) is 82.2 cm³/mol. The van der Waals surface area contributed by atoms with Gasteiger partial charge in [-0.2, -0.15) is 0 Å². The molecule has 1 fully saturated rings. The minimum atomic E-state index is -0.749. The summed E-state index contributed by atoms with van der Waals surface area (Å²) >= 11 is 0. The first-order chi connectivity index (χ1) is 9.89. The number of nitrogens with zero attached hydrogens (tertiary/aromatic N) is 1. The number of ether oxygens (including phenoxy) is 1. The summed E-state index contributed by atoms with van der Waals surface area (Å²) in [6, 6.07) is 5.96. The van der Waals surface area contributed by atoms with E-state index >= 15 is 0 Å². The van der Waals surface area contributed by atoms with Gasteiger partial charge >= 0.3 is 5.97 Å². The maximum atomic E-state index is 12.7. The topological polar surface area (TPSA) is 46.6 Å². The SMILES string of the molecule is CCC1(C(=O)OC)CN(c2c(C)cccc2C)C(=O)C1C. The minimum absolute atomic E-state index is 0.000324. The molecule has 1 amide bonds. The lowest BCUT2D eigenvalue weighted by atomic mass is 9.76. The molecule has 1 aliphatic rings. The second-order valence-electron chi connectivity index (χ2n) is 5.89. The van der Waals surface area contributed by atoms with E-state index in [1.807, 2.05) is 45.9 Å². The second-order valence-corrected chi connectivity index (χ2v) is 5.89. The molecule has 0 radical (unpaired) electrons. The highest BCUT2D eigenvalue weighted by Crippen LogP contribution is 2.44. The highest BCUT2D eigenvalue weighted by molar-refractivity contribution is 6.03. The van der Waals surface area contributed by atoms with Crippen LogP contribution in [0.2, 0.25) is 0 Å². The van der Waals surface area contributed by atoms with E-state index in [0.717, 1.165) is 16.8 Å². The van der Waals surface area contributed by atoms with Gasteiger partial charge in [0.25, 0.3) is 0 Å². The Bertz CT molecular complexity index is 561. The van der Waals surface area contributed by atoms with Crippen LogP contribution in [0.1, 0.15) is 31.4 Å². The number of hydrogen-bond acceptors (Lipinski definition) is 3. The van der Waals surface area contributed by atoms with Crippen molar-refractivity contribution in [2.24, 2.45) is 11.3 Å². The van der Waals surface area contributed by atoms with Gasteiger partial charge in [-0.15, -0.1) is 0 Å². The van der Waals surface area contributed by atoms with Crippen LogP contribution in [-0.4, -0.2) is 25.5 Å². The molecule has 21 heavy (non-hydrogen) atoms. The van der Waals surface area contributed by atoms with Crippen LogP contribution in [0.15, 0.2) is 18.2 Å². The molecule has 4 nitrogen and oxygen atoms in total. The van der Waals surface area contributed by atoms with E-state index < -0.39 is 5.41 Å². The third kappa shape index (κ3) is 2.23. The van der Waals surface area contributed by atoms with Crippen LogP contribution in [0.3, 0.4) is 0 Å². The number of rotatable bonds is 3. The first kappa shape index (κ1) is 15.5. The van der Waals surface area contributed by atoms with E-state index in [-0.39, 0.29) is 17.8 Å². The number of aryl methyl sites for hydroxylation is 2. The Morgan fingerprint density at radius 2 is 1.95 bits per heavy atom. The van der Waals surface area contributed by atoms with Crippen molar-refractivity contribution in [1.29, 1.82) is 0 Å². The summed E-state index contributed by atoms with van der Waals surface area (Å²) in [5.41, 5.74) is 2.27. The maximum absolute atomic E-state index is 12.7. The number of anilines is 1. The summed E-state index contributed by atoms with van der Waals surface area (Å²) < 4.78 is 4.97. The quantitative estimate of drug-likeness (QED) is 0.804. The van der Waals surface area contributed by atoms with Gasteiger partial charge in [0.15, 0.2) is 0 Å². The van der Waals surface area contributed by atoms with Crippen LogP contribution in [0.25, 0.3) is 0 Å². The number of carbonyl (C=O) groups is 2. The largest absolute Gasteiger partial charge is 0.469 e. The maximum Gasteiger partial charge on any atom is 0.314 e. The lowest BCUT2D eigenvalue weighted by Crippen LogP contribution is -2.38. The summed E-state index contributed by atoms with van der Waals surface area (Å²) in [6.45, 7) is 8.14. The van der Waals surface area contributed by atoms with Crippen LogP contribution >= 0.6 is 0 Å². The molecule has 2 atom stereocenters. The predicted octanol–water partition coefficient (Wildman–Crippen LogP) is 2.86. The zero-order valence-electron chi connectivity index (χ0n) is 13.4. The van der Waals surface area contributed by atoms with Gasteiger partial charge in [0.1, 0.15) is 0 Å². The number of benzene rings is 1. The highest BCUT2D eigenvalue weighted by Gasteiger charge is 2.55. The van der Waals surface area contributed by atoms with E-state index in [0.29, 0.717) is 13.0 Å². The molecule has 0 spiro atoms. The zero-order valence-corrected chi connectivity index (χ0v) is 13.4. The summed E-state index contributed by atoms with van der Waals surface area (Å²) in [7, 11) is 1.39. The van der Waals surface area contributed by atoms with Crippen molar-refractivity contribution in [3.63, 3.8) is 0 Å². The van der Waals surface area contributed by atoms with E-state index in [4.69, 9.17) is 4.74 Å². The minimum Gasteiger partial charge on any atom is -0.469 e. The molecule has 1 aliphatic heterocycles. The summed E-state index contributed by atoms with van der Waals surface area (Å²) in [5, 5.41) is 0. The second kappa shape index (κ2) is 5.51. The van der Waals surface area contributed by atoms with Crippen molar-refractivity contribution in [3.8, 4) is 0 Å². The molecule has 4 heteroatoms. The lowest BCUT2D eigenvalue weighted by molar-refractivity contribution is -0.155. The number of para-hydroxylation sites is 1. The van der Waals surface area contributed by atoms with E-state index in [1.54, 1.807) is 4.90 Å². The van der Waals surface area contributed by atoms with E-state index in [1.165, 1.54) is 7.11 Å². The van der Waals surface area contributed by atoms with Crippen molar-refractivity contribution >= 4 is 17.6 Å². The third-order valence-electron chi connectivity index (χ3n) is 4.84. The Hall–Kier alpha value is -1.84. The average molecular weight is 289 g/mol. The fourth-order valence-electron chi connectivity index (χ4n) is 3.39. The third-order valence-corrected chi connectivity index (χ3v) is 4.84. The molecule has 0 saturated carbocycles. The normalized spacial score (nSPS) is 25.3. The summed E-state index contributed by atoms with van der Waals surface area (Å²) in [6.07, 6.45) is 0.591.